The van der Waals surface area contributed by atoms with Crippen molar-refractivity contribution >= 4 is 40.7 Å². The molecule has 5 nitrogen and oxygen atoms in total. The molecule has 1 saturated heterocycles. The molecule has 0 spiro atoms. The van der Waals surface area contributed by atoms with Gasteiger partial charge in [-0.25, -0.2) is 0 Å². The lowest BCUT2D eigenvalue weighted by Crippen LogP contribution is -2.26. The molecule has 1 aliphatic heterocycles. The van der Waals surface area contributed by atoms with E-state index < -0.39 is 5.97 Å². The minimum atomic E-state index is -0.913. The zero-order valence-corrected chi connectivity index (χ0v) is 22.3. The molecule has 1 amide bonds. The molecule has 190 valence electrons. The SMILES string of the molecule is CCc1sc(C2CCSCC2)cc1C(Nc1ccc(C(=O)NCCC(=O)O)cc1)C1CCCCC1. The van der Waals surface area contributed by atoms with Crippen LogP contribution in [-0.2, 0) is 11.2 Å². The van der Waals surface area contributed by atoms with Gasteiger partial charge in [0, 0.05) is 27.5 Å². The molecule has 1 unspecified atom stereocenters. The number of thioether (sulfide) groups is 1. The maximum Gasteiger partial charge on any atom is 0.305 e. The first-order chi connectivity index (χ1) is 17.0. The van der Waals surface area contributed by atoms with Gasteiger partial charge in [0.1, 0.15) is 0 Å². The van der Waals surface area contributed by atoms with Gasteiger partial charge in [0.2, 0.25) is 0 Å². The molecule has 0 bridgehead atoms. The standard InChI is InChI=1S/C28H38N2O3S2/c1-2-24-23(18-25(35-24)19-13-16-34-17-14-19)27(20-6-4-3-5-7-20)30-22-10-8-21(9-11-22)28(33)29-15-12-26(31)32/h8-11,18-20,27,30H,2-7,12-17H2,1H3,(H,29,33)(H,31,32). The molecule has 2 heterocycles. The number of hydrogen-bond acceptors (Lipinski definition) is 5. The zero-order valence-electron chi connectivity index (χ0n) is 20.7. The van der Waals surface area contributed by atoms with Crippen LogP contribution >= 0.6 is 23.1 Å². The number of carboxylic acid groups (broad SMARTS) is 1. The number of carbonyl (C=O) groups is 2. The fourth-order valence-electron chi connectivity index (χ4n) is 5.39. The van der Waals surface area contributed by atoms with Crippen molar-refractivity contribution in [1.29, 1.82) is 0 Å². The van der Waals surface area contributed by atoms with Gasteiger partial charge in [-0.2, -0.15) is 11.8 Å². The van der Waals surface area contributed by atoms with Crippen LogP contribution in [0.2, 0.25) is 0 Å². The van der Waals surface area contributed by atoms with Crippen molar-refractivity contribution in [2.24, 2.45) is 5.92 Å². The van der Waals surface area contributed by atoms with Crippen molar-refractivity contribution in [3.8, 4) is 0 Å². The highest BCUT2D eigenvalue weighted by atomic mass is 32.2. The number of carbonyl (C=O) groups excluding carboxylic acids is 1. The number of aryl methyl sites for hydroxylation is 1. The van der Waals surface area contributed by atoms with Gasteiger partial charge < -0.3 is 15.7 Å². The highest BCUT2D eigenvalue weighted by Crippen LogP contribution is 2.44. The van der Waals surface area contributed by atoms with Crippen molar-refractivity contribution in [2.75, 3.05) is 23.4 Å². The Kier molecular flexibility index (Phi) is 9.55. The summed E-state index contributed by atoms with van der Waals surface area (Å²) in [6.07, 6.45) is 10.1. The minimum Gasteiger partial charge on any atom is -0.481 e. The number of thiophene rings is 1. The molecule has 1 aliphatic carbocycles. The monoisotopic (exact) mass is 514 g/mol. The summed E-state index contributed by atoms with van der Waals surface area (Å²) in [5.41, 5.74) is 3.08. The normalized spacial score (nSPS) is 18.2. The van der Waals surface area contributed by atoms with E-state index in [1.807, 2.05) is 35.6 Å². The van der Waals surface area contributed by atoms with Crippen LogP contribution in [0.5, 0.6) is 0 Å². The van der Waals surface area contributed by atoms with E-state index in [1.54, 1.807) is 4.88 Å². The van der Waals surface area contributed by atoms with E-state index in [0.717, 1.165) is 12.1 Å². The molecule has 0 radical (unpaired) electrons. The minimum absolute atomic E-state index is 0.0729. The lowest BCUT2D eigenvalue weighted by molar-refractivity contribution is -0.136. The van der Waals surface area contributed by atoms with E-state index in [4.69, 9.17) is 5.11 Å². The van der Waals surface area contributed by atoms with E-state index >= 15 is 0 Å². The van der Waals surface area contributed by atoms with Crippen LogP contribution < -0.4 is 10.6 Å². The van der Waals surface area contributed by atoms with Crippen LogP contribution in [0, 0.1) is 5.92 Å². The van der Waals surface area contributed by atoms with Crippen LogP contribution in [0.25, 0.3) is 0 Å². The summed E-state index contributed by atoms with van der Waals surface area (Å²) < 4.78 is 0. The number of amides is 1. The Labute approximate surface area is 217 Å². The topological polar surface area (TPSA) is 78.4 Å². The molecule has 2 aromatic rings. The van der Waals surface area contributed by atoms with E-state index in [0.29, 0.717) is 23.4 Å². The molecule has 7 heteroatoms. The van der Waals surface area contributed by atoms with Gasteiger partial charge >= 0.3 is 5.97 Å². The molecule has 4 rings (SSSR count). The third kappa shape index (κ3) is 7.04. The highest BCUT2D eigenvalue weighted by Gasteiger charge is 2.29. The van der Waals surface area contributed by atoms with Crippen LogP contribution in [0.15, 0.2) is 30.3 Å². The second kappa shape index (κ2) is 12.8. The van der Waals surface area contributed by atoms with Gasteiger partial charge in [0.05, 0.1) is 12.5 Å². The third-order valence-electron chi connectivity index (χ3n) is 7.36. The Morgan fingerprint density at radius 2 is 1.77 bits per heavy atom. The lowest BCUT2D eigenvalue weighted by Gasteiger charge is -2.32. The van der Waals surface area contributed by atoms with Crippen molar-refractivity contribution in [1.82, 2.24) is 5.32 Å². The zero-order chi connectivity index (χ0) is 24.6. The lowest BCUT2D eigenvalue weighted by atomic mass is 9.80. The first kappa shape index (κ1) is 26.1. The van der Waals surface area contributed by atoms with Gasteiger partial charge in [-0.3, -0.25) is 9.59 Å². The average Bonchev–Trinajstić information content (AvgIpc) is 3.32. The van der Waals surface area contributed by atoms with Crippen LogP contribution in [-0.4, -0.2) is 35.0 Å². The number of aliphatic carboxylic acids is 1. The maximum absolute atomic E-state index is 12.3. The smallest absolute Gasteiger partial charge is 0.305 e. The van der Waals surface area contributed by atoms with Crippen LogP contribution in [0.4, 0.5) is 5.69 Å². The largest absolute Gasteiger partial charge is 0.481 e. The van der Waals surface area contributed by atoms with Crippen molar-refractivity contribution in [3.63, 3.8) is 0 Å². The number of benzene rings is 1. The Morgan fingerprint density at radius 3 is 2.43 bits per heavy atom. The summed E-state index contributed by atoms with van der Waals surface area (Å²) in [4.78, 5) is 26.1. The number of anilines is 1. The number of hydrogen-bond donors (Lipinski definition) is 3. The predicted molar refractivity (Wildman–Crippen MR) is 147 cm³/mol. The van der Waals surface area contributed by atoms with Gasteiger partial charge in [-0.05, 0) is 91.3 Å². The molecule has 1 aromatic heterocycles. The maximum atomic E-state index is 12.3. The van der Waals surface area contributed by atoms with Crippen LogP contribution in [0.3, 0.4) is 0 Å². The van der Waals surface area contributed by atoms with Gasteiger partial charge in [-0.15, -0.1) is 11.3 Å². The number of carboxylic acids is 1. The molecule has 1 atom stereocenters. The third-order valence-corrected chi connectivity index (χ3v) is 9.86. The highest BCUT2D eigenvalue weighted by molar-refractivity contribution is 7.99. The predicted octanol–water partition coefficient (Wildman–Crippen LogP) is 6.86. The molecular weight excluding hydrogens is 476 g/mol. The van der Waals surface area contributed by atoms with E-state index in [9.17, 15) is 9.59 Å². The van der Waals surface area contributed by atoms with Gasteiger partial charge in [0.25, 0.3) is 5.91 Å². The quantitative estimate of drug-likeness (QED) is 0.323. The molecule has 1 aromatic carbocycles. The van der Waals surface area contributed by atoms with Crippen molar-refractivity contribution in [3.05, 3.63) is 51.2 Å². The first-order valence-electron chi connectivity index (χ1n) is 13.1. The summed E-state index contributed by atoms with van der Waals surface area (Å²) in [7, 11) is 0. The molecule has 2 aliphatic rings. The van der Waals surface area contributed by atoms with E-state index in [-0.39, 0.29) is 18.9 Å². The fourth-order valence-corrected chi connectivity index (χ4v) is 7.81. The van der Waals surface area contributed by atoms with Gasteiger partial charge in [-0.1, -0.05) is 26.2 Å². The second-order valence-electron chi connectivity index (χ2n) is 9.76. The summed E-state index contributed by atoms with van der Waals surface area (Å²) >= 11 is 4.13. The number of nitrogens with one attached hydrogen (secondary N) is 2. The molecule has 2 fully saturated rings. The summed E-state index contributed by atoms with van der Waals surface area (Å²) in [6, 6.07) is 10.5. The summed E-state index contributed by atoms with van der Waals surface area (Å²) in [5, 5.41) is 15.3. The molecule has 3 N–H and O–H groups in total. The molecule has 1 saturated carbocycles. The molecular formula is C28H38N2O3S2. The Bertz CT molecular complexity index is 977. The average molecular weight is 515 g/mol. The van der Waals surface area contributed by atoms with Crippen molar-refractivity contribution < 1.29 is 14.7 Å². The summed E-state index contributed by atoms with van der Waals surface area (Å²) in [5.74, 6) is 2.75. The number of rotatable bonds is 10. The Morgan fingerprint density at radius 1 is 1.06 bits per heavy atom. The second-order valence-corrected chi connectivity index (χ2v) is 12.2. The summed E-state index contributed by atoms with van der Waals surface area (Å²) in [6.45, 7) is 2.42. The van der Waals surface area contributed by atoms with E-state index in [2.05, 4.69) is 35.4 Å². The first-order valence-corrected chi connectivity index (χ1v) is 15.1. The van der Waals surface area contributed by atoms with Gasteiger partial charge in [0.15, 0.2) is 0 Å². The molecule has 35 heavy (non-hydrogen) atoms. The Hall–Kier alpha value is -1.99. The Balaban J connectivity index is 1.52. The fraction of sp³-hybridized carbons (Fsp3) is 0.571. The van der Waals surface area contributed by atoms with Crippen LogP contribution in [0.1, 0.15) is 95.9 Å². The van der Waals surface area contributed by atoms with Crippen molar-refractivity contribution in [2.45, 2.75) is 76.7 Å². The van der Waals surface area contributed by atoms with E-state index in [1.165, 1.54) is 66.9 Å².